The Bertz CT molecular complexity index is 133. The number of carboxylic acids is 1. The van der Waals surface area contributed by atoms with E-state index < -0.39 is 11.2 Å². The van der Waals surface area contributed by atoms with E-state index >= 15 is 0 Å². The first-order chi connectivity index (χ1) is 4.04. The molecule has 0 aliphatic carbocycles. The van der Waals surface area contributed by atoms with Gasteiger partial charge in [0, 0.05) is 4.20 Å². The fourth-order valence-corrected chi connectivity index (χ4v) is 1.33. The van der Waals surface area contributed by atoms with Crippen molar-refractivity contribution in [2.75, 3.05) is 0 Å². The van der Waals surface area contributed by atoms with E-state index in [4.69, 9.17) is 17.3 Å². The van der Waals surface area contributed by atoms with Crippen LogP contribution >= 0.6 is 24.0 Å². The van der Waals surface area contributed by atoms with Gasteiger partial charge in [-0.2, -0.15) is 0 Å². The highest BCUT2D eigenvalue weighted by molar-refractivity contribution is 8.23. The lowest BCUT2D eigenvalue weighted by Crippen LogP contribution is -2.12. The molecule has 0 aliphatic heterocycles. The molecule has 0 heterocycles. The van der Waals surface area contributed by atoms with Crippen molar-refractivity contribution in [3.05, 3.63) is 0 Å². The van der Waals surface area contributed by atoms with Gasteiger partial charge in [0.15, 0.2) is 0 Å². The van der Waals surface area contributed by atoms with E-state index in [9.17, 15) is 4.79 Å². The van der Waals surface area contributed by atoms with Gasteiger partial charge in [0.25, 0.3) is 0 Å². The summed E-state index contributed by atoms with van der Waals surface area (Å²) < 4.78 is 0.671. The summed E-state index contributed by atoms with van der Waals surface area (Å²) in [6, 6.07) is 0. The second-order valence-corrected chi connectivity index (χ2v) is 4.02. The van der Waals surface area contributed by atoms with Gasteiger partial charge in [-0.1, -0.05) is 12.2 Å². The minimum atomic E-state index is -0.816. The van der Waals surface area contributed by atoms with Crippen molar-refractivity contribution < 1.29 is 9.90 Å². The molecule has 0 amide bonds. The zero-order chi connectivity index (χ0) is 7.44. The van der Waals surface area contributed by atoms with Gasteiger partial charge in [-0.05, 0) is 13.8 Å². The first kappa shape index (κ1) is 8.91. The van der Waals surface area contributed by atoms with Crippen molar-refractivity contribution in [2.24, 2.45) is 0 Å². The van der Waals surface area contributed by atoms with E-state index in [2.05, 4.69) is 0 Å². The minimum absolute atomic E-state index is 0.414. The van der Waals surface area contributed by atoms with E-state index in [1.54, 1.807) is 13.8 Å². The van der Waals surface area contributed by atoms with E-state index in [-0.39, 0.29) is 0 Å². The molecule has 0 aromatic rings. The Labute approximate surface area is 63.6 Å². The molecule has 1 atom stereocenters. The molecule has 0 aromatic heterocycles. The lowest BCUT2D eigenvalue weighted by Gasteiger charge is -2.01. The first-order valence-electron chi connectivity index (χ1n) is 2.44. The molecule has 52 valence electrons. The fraction of sp³-hybridized carbons (Fsp3) is 0.600. The van der Waals surface area contributed by atoms with E-state index in [0.717, 1.165) is 0 Å². The molecule has 0 saturated heterocycles. The number of carboxylic acid groups (broad SMARTS) is 1. The molecule has 0 rings (SSSR count). The number of rotatable bonds is 2. The summed E-state index contributed by atoms with van der Waals surface area (Å²) in [4.78, 5) is 10.2. The van der Waals surface area contributed by atoms with Crippen LogP contribution in [0.25, 0.3) is 0 Å². The van der Waals surface area contributed by atoms with Crippen molar-refractivity contribution in [2.45, 2.75) is 19.1 Å². The zero-order valence-corrected chi connectivity index (χ0v) is 6.88. The Balaban J connectivity index is 3.63. The summed E-state index contributed by atoms with van der Waals surface area (Å²) in [6.45, 7) is 3.34. The molecule has 0 aromatic carbocycles. The van der Waals surface area contributed by atoms with Crippen LogP contribution in [0.2, 0.25) is 0 Å². The Kier molecular flexibility index (Phi) is 3.81. The molecule has 0 spiro atoms. The largest absolute Gasteiger partial charge is 0.480 e. The summed E-state index contributed by atoms with van der Waals surface area (Å²) >= 11 is 5.89. The third-order valence-corrected chi connectivity index (χ3v) is 1.87. The molecule has 2 nitrogen and oxygen atoms in total. The van der Waals surface area contributed by atoms with E-state index in [0.29, 0.717) is 4.20 Å². The van der Waals surface area contributed by atoms with Crippen LogP contribution in [0.4, 0.5) is 0 Å². The highest BCUT2D eigenvalue weighted by Crippen LogP contribution is 2.11. The molecule has 9 heavy (non-hydrogen) atoms. The van der Waals surface area contributed by atoms with Crippen molar-refractivity contribution in [3.63, 3.8) is 0 Å². The maximum absolute atomic E-state index is 10.2. The summed E-state index contributed by atoms with van der Waals surface area (Å²) in [5.74, 6) is -0.816. The molecule has 0 radical (unpaired) electrons. The van der Waals surface area contributed by atoms with Crippen molar-refractivity contribution in [1.29, 1.82) is 0 Å². The van der Waals surface area contributed by atoms with Crippen LogP contribution in [0, 0.1) is 0 Å². The normalized spacial score (nSPS) is 12.7. The Morgan fingerprint density at radius 2 is 2.22 bits per heavy atom. The van der Waals surface area contributed by atoms with Gasteiger partial charge in [0.2, 0.25) is 0 Å². The van der Waals surface area contributed by atoms with Gasteiger partial charge in [-0.25, -0.2) is 0 Å². The average Bonchev–Trinajstić information content (AvgIpc) is 1.63. The SMILES string of the molecule is CC(=S)SC(C)C(=O)O. The predicted octanol–water partition coefficient (Wildman–Crippen LogP) is 1.54. The van der Waals surface area contributed by atoms with Gasteiger partial charge in [-0.3, -0.25) is 4.79 Å². The van der Waals surface area contributed by atoms with Gasteiger partial charge in [0.1, 0.15) is 5.25 Å². The molecule has 0 fully saturated rings. The quantitative estimate of drug-likeness (QED) is 0.628. The van der Waals surface area contributed by atoms with E-state index in [1.165, 1.54) is 11.8 Å². The Morgan fingerprint density at radius 3 is 2.33 bits per heavy atom. The molecule has 1 unspecified atom stereocenters. The molecule has 1 N–H and O–H groups in total. The van der Waals surface area contributed by atoms with Crippen LogP contribution in [-0.2, 0) is 4.79 Å². The van der Waals surface area contributed by atoms with Gasteiger partial charge in [-0.15, -0.1) is 11.8 Å². The first-order valence-corrected chi connectivity index (χ1v) is 3.73. The maximum Gasteiger partial charge on any atom is 0.316 e. The molecule has 0 saturated carbocycles. The smallest absolute Gasteiger partial charge is 0.316 e. The fourth-order valence-electron chi connectivity index (χ4n) is 0.299. The minimum Gasteiger partial charge on any atom is -0.480 e. The summed E-state index contributed by atoms with van der Waals surface area (Å²) in [5.41, 5.74) is 0. The van der Waals surface area contributed by atoms with Gasteiger partial charge in [0.05, 0.1) is 0 Å². The van der Waals surface area contributed by atoms with E-state index in [1.807, 2.05) is 0 Å². The summed E-state index contributed by atoms with van der Waals surface area (Å²) in [5, 5.41) is 7.94. The van der Waals surface area contributed by atoms with Crippen LogP contribution in [0.15, 0.2) is 0 Å². The number of hydrogen-bond donors (Lipinski definition) is 1. The summed E-state index contributed by atoms with van der Waals surface area (Å²) in [7, 11) is 0. The van der Waals surface area contributed by atoms with Crippen LogP contribution in [0.5, 0.6) is 0 Å². The molecule has 0 aliphatic rings. The molecular formula is C5H8O2S2. The number of thiocarbonyl (C=S) groups is 1. The van der Waals surface area contributed by atoms with Crippen molar-refractivity contribution >= 4 is 34.1 Å². The van der Waals surface area contributed by atoms with Gasteiger partial charge < -0.3 is 5.11 Å². The molecular weight excluding hydrogens is 156 g/mol. The summed E-state index contributed by atoms with van der Waals surface area (Å²) in [6.07, 6.45) is 0. The number of carbonyl (C=O) groups is 1. The van der Waals surface area contributed by atoms with Crippen LogP contribution in [0.3, 0.4) is 0 Å². The van der Waals surface area contributed by atoms with Gasteiger partial charge >= 0.3 is 5.97 Å². The Morgan fingerprint density at radius 1 is 1.78 bits per heavy atom. The molecule has 4 heteroatoms. The zero-order valence-electron chi connectivity index (χ0n) is 5.25. The third kappa shape index (κ3) is 4.42. The van der Waals surface area contributed by atoms with Crippen molar-refractivity contribution in [3.8, 4) is 0 Å². The topological polar surface area (TPSA) is 37.3 Å². The number of hydrogen-bond acceptors (Lipinski definition) is 3. The highest BCUT2D eigenvalue weighted by Gasteiger charge is 2.10. The average molecular weight is 164 g/mol. The van der Waals surface area contributed by atoms with Crippen LogP contribution in [0.1, 0.15) is 13.8 Å². The van der Waals surface area contributed by atoms with Crippen LogP contribution < -0.4 is 0 Å². The lowest BCUT2D eigenvalue weighted by atomic mass is 10.5. The molecule has 0 bridgehead atoms. The monoisotopic (exact) mass is 164 g/mol. The second-order valence-electron chi connectivity index (χ2n) is 1.59. The number of thioether (sulfide) groups is 1. The maximum atomic E-state index is 10.2. The third-order valence-electron chi connectivity index (χ3n) is 0.691. The second kappa shape index (κ2) is 3.85. The predicted molar refractivity (Wildman–Crippen MR) is 43.0 cm³/mol. The highest BCUT2D eigenvalue weighted by atomic mass is 32.2. The standard InChI is InChI=1S/C5H8O2S2/c1-3(5(6)7)9-4(2)8/h3H,1-2H3,(H,6,7). The number of aliphatic carboxylic acids is 1. The lowest BCUT2D eigenvalue weighted by molar-refractivity contribution is -0.136. The van der Waals surface area contributed by atoms with Crippen molar-refractivity contribution in [1.82, 2.24) is 0 Å². The Hall–Kier alpha value is -0.0900. The van der Waals surface area contributed by atoms with Crippen LogP contribution in [-0.4, -0.2) is 20.5 Å².